The van der Waals surface area contributed by atoms with Gasteiger partial charge in [0.25, 0.3) is 0 Å². The third-order valence-corrected chi connectivity index (χ3v) is 2.87. The van der Waals surface area contributed by atoms with Gasteiger partial charge >= 0.3 is 0 Å². The number of hydrogen-bond acceptors (Lipinski definition) is 3. The van der Waals surface area contributed by atoms with Gasteiger partial charge in [-0.3, -0.25) is 0 Å². The minimum absolute atomic E-state index is 0.511. The SMILES string of the molecule is CCOc1ccc(C(O)Cc2nccn2C)cc1. The minimum Gasteiger partial charge on any atom is -0.494 e. The first-order chi connectivity index (χ1) is 8.70. The number of nitrogens with zero attached hydrogens (tertiary/aromatic N) is 2. The summed E-state index contributed by atoms with van der Waals surface area (Å²) in [7, 11) is 1.92. The quantitative estimate of drug-likeness (QED) is 0.878. The van der Waals surface area contributed by atoms with Crippen molar-refractivity contribution in [2.45, 2.75) is 19.4 Å². The zero-order valence-electron chi connectivity index (χ0n) is 10.7. The van der Waals surface area contributed by atoms with Crippen LogP contribution in [0.4, 0.5) is 0 Å². The molecule has 0 radical (unpaired) electrons. The van der Waals surface area contributed by atoms with Crippen LogP contribution in [-0.2, 0) is 13.5 Å². The number of benzene rings is 1. The highest BCUT2D eigenvalue weighted by Crippen LogP contribution is 2.20. The number of rotatable bonds is 5. The van der Waals surface area contributed by atoms with Gasteiger partial charge in [0.05, 0.1) is 12.7 Å². The summed E-state index contributed by atoms with van der Waals surface area (Å²) in [5, 5.41) is 10.1. The molecular formula is C14H18N2O2. The van der Waals surface area contributed by atoms with Gasteiger partial charge in [-0.05, 0) is 24.6 Å². The van der Waals surface area contributed by atoms with E-state index >= 15 is 0 Å². The summed E-state index contributed by atoms with van der Waals surface area (Å²) in [5.74, 6) is 1.70. The molecule has 0 saturated carbocycles. The Morgan fingerprint density at radius 3 is 2.61 bits per heavy atom. The zero-order chi connectivity index (χ0) is 13.0. The Labute approximate surface area is 107 Å². The molecule has 1 atom stereocenters. The molecule has 0 aliphatic heterocycles. The molecular weight excluding hydrogens is 228 g/mol. The van der Waals surface area contributed by atoms with E-state index in [0.29, 0.717) is 13.0 Å². The molecule has 1 N–H and O–H groups in total. The van der Waals surface area contributed by atoms with Crippen molar-refractivity contribution >= 4 is 0 Å². The van der Waals surface area contributed by atoms with Gasteiger partial charge in [-0.2, -0.15) is 0 Å². The van der Waals surface area contributed by atoms with Crippen LogP contribution in [0.2, 0.25) is 0 Å². The van der Waals surface area contributed by atoms with E-state index in [1.165, 1.54) is 0 Å². The molecule has 1 heterocycles. The summed E-state index contributed by atoms with van der Waals surface area (Å²) < 4.78 is 7.28. The van der Waals surface area contributed by atoms with Crippen molar-refractivity contribution in [2.75, 3.05) is 6.61 Å². The molecule has 2 rings (SSSR count). The Morgan fingerprint density at radius 2 is 2.06 bits per heavy atom. The van der Waals surface area contributed by atoms with Gasteiger partial charge in [0.1, 0.15) is 11.6 Å². The second-order valence-electron chi connectivity index (χ2n) is 4.18. The maximum Gasteiger partial charge on any atom is 0.119 e. The van der Waals surface area contributed by atoms with Crippen LogP contribution in [0.15, 0.2) is 36.7 Å². The Bertz CT molecular complexity index is 491. The van der Waals surface area contributed by atoms with Crippen LogP contribution in [-0.4, -0.2) is 21.3 Å². The van der Waals surface area contributed by atoms with Crippen LogP contribution in [0.5, 0.6) is 5.75 Å². The number of aryl methyl sites for hydroxylation is 1. The van der Waals surface area contributed by atoms with Crippen molar-refractivity contribution in [3.05, 3.63) is 48.0 Å². The summed E-state index contributed by atoms with van der Waals surface area (Å²) >= 11 is 0. The van der Waals surface area contributed by atoms with Gasteiger partial charge in [-0.25, -0.2) is 4.98 Å². The van der Waals surface area contributed by atoms with Crippen molar-refractivity contribution < 1.29 is 9.84 Å². The maximum absolute atomic E-state index is 10.1. The highest BCUT2D eigenvalue weighted by atomic mass is 16.5. The first kappa shape index (κ1) is 12.6. The lowest BCUT2D eigenvalue weighted by atomic mass is 10.1. The number of hydrogen-bond donors (Lipinski definition) is 1. The molecule has 1 aromatic carbocycles. The topological polar surface area (TPSA) is 47.3 Å². The number of aliphatic hydroxyl groups excluding tert-OH is 1. The monoisotopic (exact) mass is 246 g/mol. The molecule has 2 aromatic rings. The summed E-state index contributed by atoms with van der Waals surface area (Å²) in [6.45, 7) is 2.60. The normalized spacial score (nSPS) is 12.4. The fourth-order valence-electron chi connectivity index (χ4n) is 1.84. The van der Waals surface area contributed by atoms with Crippen molar-refractivity contribution in [1.29, 1.82) is 0 Å². The molecule has 0 aliphatic carbocycles. The Kier molecular flexibility index (Phi) is 3.99. The van der Waals surface area contributed by atoms with Crippen LogP contribution in [0, 0.1) is 0 Å². The first-order valence-corrected chi connectivity index (χ1v) is 6.07. The molecule has 4 heteroatoms. The second kappa shape index (κ2) is 5.69. The lowest BCUT2D eigenvalue weighted by Crippen LogP contribution is -2.06. The van der Waals surface area contributed by atoms with Crippen molar-refractivity contribution in [3.8, 4) is 5.75 Å². The van der Waals surface area contributed by atoms with Gasteiger partial charge < -0.3 is 14.4 Å². The summed E-state index contributed by atoms with van der Waals surface area (Å²) in [6.07, 6.45) is 3.58. The van der Waals surface area contributed by atoms with E-state index in [0.717, 1.165) is 17.1 Å². The fraction of sp³-hybridized carbons (Fsp3) is 0.357. The Hall–Kier alpha value is -1.81. The van der Waals surface area contributed by atoms with Crippen LogP contribution in [0.3, 0.4) is 0 Å². The summed E-state index contributed by atoms with van der Waals surface area (Å²) in [5.41, 5.74) is 0.876. The van der Waals surface area contributed by atoms with Crippen molar-refractivity contribution in [1.82, 2.24) is 9.55 Å². The average Bonchev–Trinajstić information content (AvgIpc) is 2.76. The molecule has 0 amide bonds. The van der Waals surface area contributed by atoms with Gasteiger partial charge in [-0.15, -0.1) is 0 Å². The van der Waals surface area contributed by atoms with E-state index in [1.807, 2.05) is 49.0 Å². The van der Waals surface area contributed by atoms with Gasteiger partial charge in [0.15, 0.2) is 0 Å². The highest BCUT2D eigenvalue weighted by molar-refractivity contribution is 5.28. The molecule has 0 fully saturated rings. The van der Waals surface area contributed by atoms with Gasteiger partial charge in [-0.1, -0.05) is 12.1 Å². The molecule has 18 heavy (non-hydrogen) atoms. The molecule has 1 unspecified atom stereocenters. The molecule has 1 aromatic heterocycles. The van der Waals surface area contributed by atoms with E-state index in [2.05, 4.69) is 4.98 Å². The summed E-state index contributed by atoms with van der Waals surface area (Å²) in [6, 6.07) is 7.53. The average molecular weight is 246 g/mol. The van der Waals surface area contributed by atoms with Gasteiger partial charge in [0, 0.05) is 25.9 Å². The van der Waals surface area contributed by atoms with E-state index in [9.17, 15) is 5.11 Å². The second-order valence-corrected chi connectivity index (χ2v) is 4.18. The van der Waals surface area contributed by atoms with Gasteiger partial charge in [0.2, 0.25) is 0 Å². The van der Waals surface area contributed by atoms with Crippen LogP contribution in [0.1, 0.15) is 24.4 Å². The Balaban J connectivity index is 2.04. The smallest absolute Gasteiger partial charge is 0.119 e. The number of ether oxygens (including phenoxy) is 1. The predicted octanol–water partition coefficient (Wildman–Crippen LogP) is 2.09. The van der Waals surface area contributed by atoms with Crippen LogP contribution >= 0.6 is 0 Å². The van der Waals surface area contributed by atoms with E-state index in [-0.39, 0.29) is 0 Å². The predicted molar refractivity (Wildman–Crippen MR) is 69.5 cm³/mol. The number of imidazole rings is 1. The third-order valence-electron chi connectivity index (χ3n) is 2.87. The lowest BCUT2D eigenvalue weighted by molar-refractivity contribution is 0.174. The lowest BCUT2D eigenvalue weighted by Gasteiger charge is -2.11. The maximum atomic E-state index is 10.1. The van der Waals surface area contributed by atoms with Crippen LogP contribution < -0.4 is 4.74 Å². The van der Waals surface area contributed by atoms with Crippen LogP contribution in [0.25, 0.3) is 0 Å². The number of aromatic nitrogens is 2. The molecule has 4 nitrogen and oxygen atoms in total. The Morgan fingerprint density at radius 1 is 1.33 bits per heavy atom. The third kappa shape index (κ3) is 2.90. The van der Waals surface area contributed by atoms with E-state index in [1.54, 1.807) is 6.20 Å². The summed E-state index contributed by atoms with van der Waals surface area (Å²) in [4.78, 5) is 4.21. The fourth-order valence-corrected chi connectivity index (χ4v) is 1.84. The van der Waals surface area contributed by atoms with Crippen molar-refractivity contribution in [2.24, 2.45) is 7.05 Å². The molecule has 96 valence electrons. The first-order valence-electron chi connectivity index (χ1n) is 6.07. The highest BCUT2D eigenvalue weighted by Gasteiger charge is 2.11. The molecule has 0 bridgehead atoms. The minimum atomic E-state index is -0.540. The molecule has 0 aliphatic rings. The standard InChI is InChI=1S/C14H18N2O2/c1-3-18-12-6-4-11(5-7-12)13(17)10-14-15-8-9-16(14)2/h4-9,13,17H,3,10H2,1-2H3. The molecule has 0 spiro atoms. The van der Waals surface area contributed by atoms with Crippen molar-refractivity contribution in [3.63, 3.8) is 0 Å². The van der Waals surface area contributed by atoms with E-state index < -0.39 is 6.10 Å². The molecule has 0 saturated heterocycles. The zero-order valence-corrected chi connectivity index (χ0v) is 10.7. The van der Waals surface area contributed by atoms with E-state index in [4.69, 9.17) is 4.74 Å². The largest absolute Gasteiger partial charge is 0.494 e. The number of aliphatic hydroxyl groups is 1.